The monoisotopic (exact) mass is 239 g/mol. The second-order valence-electron chi connectivity index (χ2n) is 3.44. The number of nitrogen functional groups attached to an aromatic ring is 1. The predicted molar refractivity (Wildman–Crippen MR) is 61.8 cm³/mol. The van der Waals surface area contributed by atoms with Gasteiger partial charge < -0.3 is 16.4 Å². The molecule has 6 heteroatoms. The van der Waals surface area contributed by atoms with E-state index < -0.39 is 11.7 Å². The van der Waals surface area contributed by atoms with Gasteiger partial charge in [0.25, 0.3) is 5.91 Å². The van der Waals surface area contributed by atoms with Gasteiger partial charge in [0.1, 0.15) is 5.82 Å². The van der Waals surface area contributed by atoms with Crippen LogP contribution in [0.15, 0.2) is 18.2 Å². The molecule has 0 spiro atoms. The van der Waals surface area contributed by atoms with Crippen LogP contribution < -0.4 is 16.4 Å². The highest BCUT2D eigenvalue weighted by Gasteiger charge is 2.11. The van der Waals surface area contributed by atoms with Crippen molar-refractivity contribution in [3.63, 3.8) is 0 Å². The second-order valence-corrected chi connectivity index (χ2v) is 3.44. The van der Waals surface area contributed by atoms with Crippen LogP contribution in [-0.4, -0.2) is 24.9 Å². The van der Waals surface area contributed by atoms with Crippen molar-refractivity contribution in [3.8, 4) is 0 Å². The Morgan fingerprint density at radius 1 is 1.29 bits per heavy atom. The van der Waals surface area contributed by atoms with Crippen LogP contribution in [0, 0.1) is 5.82 Å². The normalized spacial score (nSPS) is 9.76. The lowest BCUT2D eigenvalue weighted by Crippen LogP contribution is -2.34. The van der Waals surface area contributed by atoms with Gasteiger partial charge in [0.05, 0.1) is 11.3 Å². The third-order valence-corrected chi connectivity index (χ3v) is 2.08. The van der Waals surface area contributed by atoms with Crippen molar-refractivity contribution in [2.75, 3.05) is 18.8 Å². The van der Waals surface area contributed by atoms with Crippen LogP contribution in [0.25, 0.3) is 0 Å². The number of anilines is 1. The molecule has 4 N–H and O–H groups in total. The smallest absolute Gasteiger partial charge is 0.253 e. The van der Waals surface area contributed by atoms with Crippen molar-refractivity contribution in [1.82, 2.24) is 10.6 Å². The summed E-state index contributed by atoms with van der Waals surface area (Å²) in [6.07, 6.45) is 0. The lowest BCUT2D eigenvalue weighted by Gasteiger charge is -2.08. The van der Waals surface area contributed by atoms with E-state index in [9.17, 15) is 14.0 Å². The molecule has 0 saturated carbocycles. The van der Waals surface area contributed by atoms with Gasteiger partial charge in [-0.1, -0.05) is 6.07 Å². The highest BCUT2D eigenvalue weighted by Crippen LogP contribution is 2.15. The Morgan fingerprint density at radius 2 is 1.94 bits per heavy atom. The van der Waals surface area contributed by atoms with Gasteiger partial charge >= 0.3 is 0 Å². The van der Waals surface area contributed by atoms with E-state index in [1.165, 1.54) is 25.1 Å². The number of hydrogen-bond acceptors (Lipinski definition) is 3. The summed E-state index contributed by atoms with van der Waals surface area (Å²) in [7, 11) is 0. The first-order chi connectivity index (χ1) is 8.02. The number of hydrogen-bond donors (Lipinski definition) is 3. The number of benzene rings is 1. The summed E-state index contributed by atoms with van der Waals surface area (Å²) in [4.78, 5) is 22.2. The Hall–Kier alpha value is -2.11. The average molecular weight is 239 g/mol. The Morgan fingerprint density at radius 3 is 2.59 bits per heavy atom. The first-order valence-corrected chi connectivity index (χ1v) is 5.09. The summed E-state index contributed by atoms with van der Waals surface area (Å²) in [6, 6.07) is 4.03. The van der Waals surface area contributed by atoms with Gasteiger partial charge in [0.2, 0.25) is 5.91 Å². The van der Waals surface area contributed by atoms with Crippen molar-refractivity contribution in [1.29, 1.82) is 0 Å². The maximum Gasteiger partial charge on any atom is 0.253 e. The van der Waals surface area contributed by atoms with E-state index in [0.29, 0.717) is 6.54 Å². The molecular weight excluding hydrogens is 225 g/mol. The second kappa shape index (κ2) is 5.83. The van der Waals surface area contributed by atoms with Gasteiger partial charge in [-0.3, -0.25) is 9.59 Å². The number of nitrogens with two attached hydrogens (primary N) is 1. The fraction of sp³-hybridized carbons (Fsp3) is 0.273. The SMILES string of the molecule is CC(=O)NCCNC(=O)c1cccc(F)c1N. The minimum Gasteiger partial charge on any atom is -0.396 e. The molecule has 2 amide bonds. The van der Waals surface area contributed by atoms with Gasteiger partial charge in [-0.05, 0) is 12.1 Å². The van der Waals surface area contributed by atoms with Crippen LogP contribution in [0.5, 0.6) is 0 Å². The predicted octanol–water partition coefficient (Wildman–Crippen LogP) is 0.274. The molecule has 0 heterocycles. The molecule has 0 atom stereocenters. The largest absolute Gasteiger partial charge is 0.396 e. The molecule has 0 saturated heterocycles. The van der Waals surface area contributed by atoms with Gasteiger partial charge in [-0.2, -0.15) is 0 Å². The molecule has 0 unspecified atom stereocenters. The first kappa shape index (κ1) is 13.0. The first-order valence-electron chi connectivity index (χ1n) is 5.09. The molecule has 1 aromatic rings. The molecule has 0 aliphatic rings. The summed E-state index contributed by atoms with van der Waals surface area (Å²) in [5, 5.41) is 5.04. The van der Waals surface area contributed by atoms with E-state index >= 15 is 0 Å². The lowest BCUT2D eigenvalue weighted by atomic mass is 10.1. The Labute approximate surface area is 98.2 Å². The van der Waals surface area contributed by atoms with Crippen LogP contribution in [0.1, 0.15) is 17.3 Å². The molecule has 0 bridgehead atoms. The molecule has 0 fully saturated rings. The maximum absolute atomic E-state index is 13.1. The van der Waals surface area contributed by atoms with E-state index in [1.54, 1.807) is 0 Å². The molecule has 1 rings (SSSR count). The Bertz CT molecular complexity index is 435. The number of carbonyl (C=O) groups is 2. The van der Waals surface area contributed by atoms with Gasteiger partial charge in [0, 0.05) is 20.0 Å². The summed E-state index contributed by atoms with van der Waals surface area (Å²) in [5.41, 5.74) is 5.34. The fourth-order valence-corrected chi connectivity index (χ4v) is 1.24. The maximum atomic E-state index is 13.1. The number of amides is 2. The highest BCUT2D eigenvalue weighted by molar-refractivity contribution is 5.99. The van der Waals surface area contributed by atoms with Crippen LogP contribution in [0.3, 0.4) is 0 Å². The molecular formula is C11H14FN3O2. The van der Waals surface area contributed by atoms with Gasteiger partial charge in [-0.15, -0.1) is 0 Å². The summed E-state index contributed by atoms with van der Waals surface area (Å²) < 4.78 is 13.1. The van der Waals surface area contributed by atoms with Crippen molar-refractivity contribution in [3.05, 3.63) is 29.6 Å². The quantitative estimate of drug-likeness (QED) is 0.521. The molecule has 1 aromatic carbocycles. The molecule has 0 aliphatic carbocycles. The summed E-state index contributed by atoms with van der Waals surface area (Å²) in [5.74, 6) is -1.27. The molecule has 17 heavy (non-hydrogen) atoms. The zero-order valence-electron chi connectivity index (χ0n) is 9.42. The Balaban J connectivity index is 2.53. The van der Waals surface area contributed by atoms with E-state index in [1.807, 2.05) is 0 Å². The minimum absolute atomic E-state index is 0.0906. The third-order valence-electron chi connectivity index (χ3n) is 2.08. The number of carbonyl (C=O) groups excluding carboxylic acids is 2. The topological polar surface area (TPSA) is 84.2 Å². The van der Waals surface area contributed by atoms with E-state index in [4.69, 9.17) is 5.73 Å². The molecule has 92 valence electrons. The third kappa shape index (κ3) is 3.75. The molecule has 5 nitrogen and oxygen atoms in total. The number of para-hydroxylation sites is 1. The van der Waals surface area contributed by atoms with Gasteiger partial charge in [0.15, 0.2) is 0 Å². The molecule has 0 radical (unpaired) electrons. The number of rotatable bonds is 4. The van der Waals surface area contributed by atoms with Crippen molar-refractivity contribution < 1.29 is 14.0 Å². The van der Waals surface area contributed by atoms with Crippen LogP contribution in [0.2, 0.25) is 0 Å². The van der Waals surface area contributed by atoms with Gasteiger partial charge in [-0.25, -0.2) is 4.39 Å². The number of nitrogens with one attached hydrogen (secondary N) is 2. The van der Waals surface area contributed by atoms with Crippen LogP contribution >= 0.6 is 0 Å². The van der Waals surface area contributed by atoms with E-state index in [0.717, 1.165) is 0 Å². The summed E-state index contributed by atoms with van der Waals surface area (Å²) >= 11 is 0. The average Bonchev–Trinajstić information content (AvgIpc) is 2.27. The standard InChI is InChI=1S/C11H14FN3O2/c1-7(16)14-5-6-15-11(17)8-3-2-4-9(12)10(8)13/h2-4H,5-6,13H2,1H3,(H,14,16)(H,15,17). The fourth-order valence-electron chi connectivity index (χ4n) is 1.24. The summed E-state index contributed by atoms with van der Waals surface area (Å²) in [6.45, 7) is 1.96. The lowest BCUT2D eigenvalue weighted by molar-refractivity contribution is -0.118. The van der Waals surface area contributed by atoms with Crippen LogP contribution in [0.4, 0.5) is 10.1 Å². The van der Waals surface area contributed by atoms with Crippen molar-refractivity contribution in [2.24, 2.45) is 0 Å². The van der Waals surface area contributed by atoms with Crippen LogP contribution in [-0.2, 0) is 4.79 Å². The molecule has 0 aromatic heterocycles. The highest BCUT2D eigenvalue weighted by atomic mass is 19.1. The van der Waals surface area contributed by atoms with E-state index in [-0.39, 0.29) is 23.7 Å². The van der Waals surface area contributed by atoms with E-state index in [2.05, 4.69) is 10.6 Å². The van der Waals surface area contributed by atoms with Crippen molar-refractivity contribution in [2.45, 2.75) is 6.92 Å². The zero-order valence-corrected chi connectivity index (χ0v) is 9.42. The molecule has 0 aliphatic heterocycles. The van der Waals surface area contributed by atoms with Crippen molar-refractivity contribution >= 4 is 17.5 Å². The minimum atomic E-state index is -0.625. The zero-order chi connectivity index (χ0) is 12.8. The Kier molecular flexibility index (Phi) is 4.45. The number of halogens is 1.